The van der Waals surface area contributed by atoms with E-state index in [9.17, 15) is 0 Å². The first-order valence-electron chi connectivity index (χ1n) is 4.59. The van der Waals surface area contributed by atoms with Crippen LogP contribution in [0, 0.1) is 5.92 Å². The van der Waals surface area contributed by atoms with Gasteiger partial charge in [-0.15, -0.1) is 11.6 Å². The van der Waals surface area contributed by atoms with Crippen LogP contribution in [0.2, 0.25) is 10.0 Å². The second-order valence-corrected chi connectivity index (χ2v) is 5.06. The van der Waals surface area contributed by atoms with Gasteiger partial charge in [0.2, 0.25) is 0 Å². The van der Waals surface area contributed by atoms with E-state index in [1.807, 2.05) is 25.1 Å². The van der Waals surface area contributed by atoms with Crippen LogP contribution in [0.15, 0.2) is 18.2 Å². The Balaban J connectivity index is 2.85. The van der Waals surface area contributed by atoms with Gasteiger partial charge in [-0.3, -0.25) is 0 Å². The van der Waals surface area contributed by atoms with Crippen molar-refractivity contribution >= 4 is 34.8 Å². The Labute approximate surface area is 100 Å². The third-order valence-corrected chi connectivity index (χ3v) is 3.51. The van der Waals surface area contributed by atoms with Gasteiger partial charge in [-0.2, -0.15) is 0 Å². The molecule has 0 aromatic heterocycles. The Hall–Kier alpha value is 0.0900. The van der Waals surface area contributed by atoms with E-state index in [0.717, 1.165) is 22.0 Å². The maximum atomic E-state index is 6.05. The van der Waals surface area contributed by atoms with Crippen molar-refractivity contribution < 1.29 is 0 Å². The molecular formula is C11H13Cl3. The van der Waals surface area contributed by atoms with Gasteiger partial charge >= 0.3 is 0 Å². The second-order valence-electron chi connectivity index (χ2n) is 3.56. The highest BCUT2D eigenvalue weighted by atomic mass is 35.5. The Morgan fingerprint density at radius 2 is 1.64 bits per heavy atom. The van der Waals surface area contributed by atoms with E-state index in [0.29, 0.717) is 5.92 Å². The van der Waals surface area contributed by atoms with Gasteiger partial charge in [0, 0.05) is 15.4 Å². The molecule has 0 radical (unpaired) electrons. The fraction of sp³-hybridized carbons (Fsp3) is 0.455. The normalized spacial score (nSPS) is 15.2. The first kappa shape index (κ1) is 12.2. The quantitative estimate of drug-likeness (QED) is 0.677. The number of rotatable bonds is 3. The number of benzene rings is 1. The molecule has 0 fully saturated rings. The van der Waals surface area contributed by atoms with Crippen LogP contribution in [0.4, 0.5) is 0 Å². The molecule has 78 valence electrons. The van der Waals surface area contributed by atoms with Crippen molar-refractivity contribution in [3.63, 3.8) is 0 Å². The van der Waals surface area contributed by atoms with Gasteiger partial charge in [0.1, 0.15) is 0 Å². The van der Waals surface area contributed by atoms with Crippen LogP contribution < -0.4 is 0 Å². The number of hydrogen-bond donors (Lipinski definition) is 0. The van der Waals surface area contributed by atoms with Crippen molar-refractivity contribution in [3.8, 4) is 0 Å². The van der Waals surface area contributed by atoms with Crippen molar-refractivity contribution in [3.05, 3.63) is 33.8 Å². The van der Waals surface area contributed by atoms with Crippen LogP contribution in [-0.4, -0.2) is 5.38 Å². The highest BCUT2D eigenvalue weighted by molar-refractivity contribution is 6.36. The van der Waals surface area contributed by atoms with Crippen LogP contribution >= 0.6 is 34.8 Å². The Kier molecular flexibility index (Phi) is 4.56. The van der Waals surface area contributed by atoms with E-state index >= 15 is 0 Å². The molecule has 3 heteroatoms. The molecule has 0 saturated heterocycles. The maximum Gasteiger partial charge on any atom is 0.0452 e. The van der Waals surface area contributed by atoms with Gasteiger partial charge in [-0.25, -0.2) is 0 Å². The zero-order chi connectivity index (χ0) is 10.7. The topological polar surface area (TPSA) is 0 Å². The molecule has 0 amide bonds. The van der Waals surface area contributed by atoms with Crippen LogP contribution in [0.5, 0.6) is 0 Å². The molecule has 1 aromatic carbocycles. The lowest BCUT2D eigenvalue weighted by atomic mass is 9.98. The zero-order valence-electron chi connectivity index (χ0n) is 8.23. The predicted octanol–water partition coefficient (Wildman–Crippen LogP) is 4.80. The van der Waals surface area contributed by atoms with Crippen molar-refractivity contribution in [1.82, 2.24) is 0 Å². The summed E-state index contributed by atoms with van der Waals surface area (Å²) in [5.74, 6) is 0.370. The molecule has 2 unspecified atom stereocenters. The number of alkyl halides is 1. The average molecular weight is 252 g/mol. The van der Waals surface area contributed by atoms with Gasteiger partial charge < -0.3 is 0 Å². The van der Waals surface area contributed by atoms with Crippen LogP contribution in [0.1, 0.15) is 19.4 Å². The standard InChI is InChI=1S/C11H13Cl3/c1-7(8(2)12)6-9-10(13)4-3-5-11(9)14/h3-5,7-8H,6H2,1-2H3. The molecule has 1 rings (SSSR count). The van der Waals surface area contributed by atoms with Gasteiger partial charge in [-0.05, 0) is 37.0 Å². The van der Waals surface area contributed by atoms with Gasteiger partial charge in [0.15, 0.2) is 0 Å². The molecule has 0 spiro atoms. The Morgan fingerprint density at radius 3 is 2.07 bits per heavy atom. The Morgan fingerprint density at radius 1 is 1.14 bits per heavy atom. The molecule has 0 N–H and O–H groups in total. The maximum absolute atomic E-state index is 6.05. The molecular weight excluding hydrogens is 238 g/mol. The number of halogens is 3. The van der Waals surface area contributed by atoms with E-state index in [2.05, 4.69) is 6.92 Å². The van der Waals surface area contributed by atoms with Crippen molar-refractivity contribution in [2.75, 3.05) is 0 Å². The summed E-state index contributed by atoms with van der Waals surface area (Å²) in [6.45, 7) is 4.08. The molecule has 1 aromatic rings. The second kappa shape index (κ2) is 5.25. The first-order valence-corrected chi connectivity index (χ1v) is 5.78. The van der Waals surface area contributed by atoms with E-state index in [1.165, 1.54) is 0 Å². The third-order valence-electron chi connectivity index (χ3n) is 2.37. The molecule has 0 saturated carbocycles. The predicted molar refractivity (Wildman–Crippen MR) is 64.6 cm³/mol. The van der Waals surface area contributed by atoms with Gasteiger partial charge in [0.05, 0.1) is 0 Å². The third kappa shape index (κ3) is 3.05. The lowest BCUT2D eigenvalue weighted by Gasteiger charge is -2.15. The molecule has 0 aliphatic rings. The SMILES string of the molecule is CC(Cl)C(C)Cc1c(Cl)cccc1Cl. The van der Waals surface area contributed by atoms with Crippen LogP contribution in [-0.2, 0) is 6.42 Å². The summed E-state index contributed by atoms with van der Waals surface area (Å²) in [6.07, 6.45) is 0.823. The number of hydrogen-bond acceptors (Lipinski definition) is 0. The Bertz CT molecular complexity index is 287. The lowest BCUT2D eigenvalue weighted by molar-refractivity contribution is 0.568. The molecule has 0 aliphatic heterocycles. The van der Waals surface area contributed by atoms with E-state index in [1.54, 1.807) is 0 Å². The zero-order valence-corrected chi connectivity index (χ0v) is 10.5. The first-order chi connectivity index (χ1) is 6.52. The minimum atomic E-state index is 0.127. The summed E-state index contributed by atoms with van der Waals surface area (Å²) < 4.78 is 0. The lowest BCUT2D eigenvalue weighted by Crippen LogP contribution is -2.10. The van der Waals surface area contributed by atoms with Gasteiger partial charge in [0.25, 0.3) is 0 Å². The van der Waals surface area contributed by atoms with E-state index in [4.69, 9.17) is 34.8 Å². The van der Waals surface area contributed by atoms with Crippen LogP contribution in [0.3, 0.4) is 0 Å². The summed E-state index contributed by atoms with van der Waals surface area (Å²) in [6, 6.07) is 5.56. The summed E-state index contributed by atoms with van der Waals surface area (Å²) in [7, 11) is 0. The molecule has 0 heterocycles. The van der Waals surface area contributed by atoms with Gasteiger partial charge in [-0.1, -0.05) is 36.2 Å². The van der Waals surface area contributed by atoms with Crippen molar-refractivity contribution in [2.24, 2.45) is 5.92 Å². The molecule has 14 heavy (non-hydrogen) atoms. The fourth-order valence-corrected chi connectivity index (χ4v) is 1.85. The monoisotopic (exact) mass is 250 g/mol. The highest BCUT2D eigenvalue weighted by Gasteiger charge is 2.13. The minimum Gasteiger partial charge on any atom is -0.123 e. The smallest absolute Gasteiger partial charge is 0.0452 e. The molecule has 2 atom stereocenters. The minimum absolute atomic E-state index is 0.127. The van der Waals surface area contributed by atoms with E-state index < -0.39 is 0 Å². The summed E-state index contributed by atoms with van der Waals surface area (Å²) >= 11 is 18.1. The highest BCUT2D eigenvalue weighted by Crippen LogP contribution is 2.28. The summed E-state index contributed by atoms with van der Waals surface area (Å²) in [4.78, 5) is 0. The van der Waals surface area contributed by atoms with Crippen molar-refractivity contribution in [2.45, 2.75) is 25.6 Å². The summed E-state index contributed by atoms with van der Waals surface area (Å²) in [5.41, 5.74) is 0.996. The van der Waals surface area contributed by atoms with Crippen molar-refractivity contribution in [1.29, 1.82) is 0 Å². The largest absolute Gasteiger partial charge is 0.123 e. The molecule has 0 bridgehead atoms. The average Bonchev–Trinajstić information content (AvgIpc) is 2.11. The van der Waals surface area contributed by atoms with E-state index in [-0.39, 0.29) is 5.38 Å². The fourth-order valence-electron chi connectivity index (χ4n) is 1.21. The molecule has 0 nitrogen and oxygen atoms in total. The summed E-state index contributed by atoms with van der Waals surface area (Å²) in [5, 5.41) is 1.57. The van der Waals surface area contributed by atoms with Crippen LogP contribution in [0.25, 0.3) is 0 Å². The molecule has 0 aliphatic carbocycles.